The summed E-state index contributed by atoms with van der Waals surface area (Å²) in [7, 11) is 0. The number of rotatable bonds is 8. The summed E-state index contributed by atoms with van der Waals surface area (Å²) in [4.78, 5) is 46.0. The molecule has 0 aliphatic rings. The fourth-order valence-corrected chi connectivity index (χ4v) is 2.48. The van der Waals surface area contributed by atoms with Gasteiger partial charge in [0.1, 0.15) is 0 Å². The van der Waals surface area contributed by atoms with Crippen LogP contribution in [0.3, 0.4) is 0 Å². The van der Waals surface area contributed by atoms with Crippen LogP contribution in [0.2, 0.25) is 5.02 Å². The predicted octanol–water partition coefficient (Wildman–Crippen LogP) is 2.94. The first kappa shape index (κ1) is 21.8. The largest absolute Gasteiger partial charge is 0.455 e. The molecule has 10 heteroatoms. The first-order chi connectivity index (χ1) is 13.8. The highest BCUT2D eigenvalue weighted by Crippen LogP contribution is 2.26. The highest BCUT2D eigenvalue weighted by atomic mass is 35.5. The van der Waals surface area contributed by atoms with Crippen LogP contribution in [-0.2, 0) is 14.3 Å². The van der Waals surface area contributed by atoms with Gasteiger partial charge in [-0.1, -0.05) is 29.8 Å². The zero-order chi connectivity index (χ0) is 21.4. The third-order valence-electron chi connectivity index (χ3n) is 3.69. The van der Waals surface area contributed by atoms with Crippen molar-refractivity contribution in [3.63, 3.8) is 0 Å². The average molecular weight is 420 g/mol. The lowest BCUT2D eigenvalue weighted by atomic mass is 10.2. The number of hydrogen-bond acceptors (Lipinski definition) is 6. The minimum Gasteiger partial charge on any atom is -0.455 e. The third kappa shape index (κ3) is 6.89. The molecule has 0 radical (unpaired) electrons. The molecule has 152 valence electrons. The van der Waals surface area contributed by atoms with Crippen LogP contribution in [0.25, 0.3) is 0 Å². The molecule has 0 aliphatic heterocycles. The number of hydrogen-bond donors (Lipinski definition) is 2. The van der Waals surface area contributed by atoms with Crippen LogP contribution in [0.15, 0.2) is 48.5 Å². The molecular weight excluding hydrogens is 402 g/mol. The van der Waals surface area contributed by atoms with Crippen LogP contribution in [0.1, 0.15) is 23.7 Å². The molecule has 2 rings (SSSR count). The lowest BCUT2D eigenvalue weighted by molar-refractivity contribution is -0.384. The zero-order valence-electron chi connectivity index (χ0n) is 15.4. The molecule has 1 unspecified atom stereocenters. The van der Waals surface area contributed by atoms with Gasteiger partial charge >= 0.3 is 5.97 Å². The van der Waals surface area contributed by atoms with E-state index in [0.29, 0.717) is 5.56 Å². The van der Waals surface area contributed by atoms with Crippen molar-refractivity contribution < 1.29 is 24.0 Å². The summed E-state index contributed by atoms with van der Waals surface area (Å²) in [5.74, 6) is -1.73. The Bertz CT molecular complexity index is 919. The van der Waals surface area contributed by atoms with E-state index in [-0.39, 0.29) is 28.7 Å². The van der Waals surface area contributed by atoms with Gasteiger partial charge in [-0.3, -0.25) is 24.5 Å². The number of non-ortho nitro benzene ring substituents is 1. The van der Waals surface area contributed by atoms with Gasteiger partial charge in [-0.05, 0) is 25.1 Å². The van der Waals surface area contributed by atoms with Gasteiger partial charge in [-0.2, -0.15) is 0 Å². The second kappa shape index (κ2) is 10.2. The molecule has 0 saturated heterocycles. The van der Waals surface area contributed by atoms with Crippen molar-refractivity contribution in [2.75, 3.05) is 11.9 Å². The Labute approximate surface area is 171 Å². The highest BCUT2D eigenvalue weighted by molar-refractivity contribution is 6.33. The molecule has 1 atom stereocenters. The number of amides is 2. The molecule has 2 amide bonds. The Hall–Kier alpha value is -3.46. The summed E-state index contributed by atoms with van der Waals surface area (Å²) in [5.41, 5.74) is 0.246. The van der Waals surface area contributed by atoms with E-state index < -0.39 is 29.4 Å². The second-order valence-electron chi connectivity index (χ2n) is 6.07. The van der Waals surface area contributed by atoms with Crippen molar-refractivity contribution in [2.45, 2.75) is 19.4 Å². The van der Waals surface area contributed by atoms with Gasteiger partial charge in [-0.25, -0.2) is 0 Å². The Kier molecular flexibility index (Phi) is 7.67. The van der Waals surface area contributed by atoms with E-state index in [4.69, 9.17) is 16.3 Å². The summed E-state index contributed by atoms with van der Waals surface area (Å²) < 4.78 is 4.87. The van der Waals surface area contributed by atoms with Crippen molar-refractivity contribution in [3.05, 3.63) is 69.2 Å². The van der Waals surface area contributed by atoms with Gasteiger partial charge in [-0.15, -0.1) is 0 Å². The maximum atomic E-state index is 12.0. The van der Waals surface area contributed by atoms with Gasteiger partial charge in [0, 0.05) is 23.7 Å². The lowest BCUT2D eigenvalue weighted by Crippen LogP contribution is -2.35. The Balaban J connectivity index is 1.80. The fourth-order valence-electron chi connectivity index (χ4n) is 2.31. The Morgan fingerprint density at radius 3 is 2.52 bits per heavy atom. The number of benzene rings is 2. The molecule has 29 heavy (non-hydrogen) atoms. The molecule has 0 aromatic heterocycles. The lowest BCUT2D eigenvalue weighted by Gasteiger charge is -2.13. The highest BCUT2D eigenvalue weighted by Gasteiger charge is 2.16. The summed E-state index contributed by atoms with van der Waals surface area (Å²) in [6.45, 7) is 1.03. The predicted molar refractivity (Wildman–Crippen MR) is 106 cm³/mol. The average Bonchev–Trinajstić information content (AvgIpc) is 2.68. The smallest absolute Gasteiger partial charge is 0.308 e. The molecule has 0 heterocycles. The summed E-state index contributed by atoms with van der Waals surface area (Å²) in [6.07, 6.45) is -0.135. The minimum atomic E-state index is -0.707. The van der Waals surface area contributed by atoms with E-state index in [1.165, 1.54) is 12.1 Å². The number of carbonyl (C=O) groups excluding carboxylic acids is 3. The van der Waals surface area contributed by atoms with Crippen LogP contribution in [0, 0.1) is 10.1 Å². The van der Waals surface area contributed by atoms with E-state index in [2.05, 4.69) is 10.6 Å². The summed E-state index contributed by atoms with van der Waals surface area (Å²) >= 11 is 5.89. The molecule has 2 aromatic carbocycles. The Morgan fingerprint density at radius 2 is 1.86 bits per heavy atom. The van der Waals surface area contributed by atoms with Crippen molar-refractivity contribution >= 4 is 40.8 Å². The summed E-state index contributed by atoms with van der Waals surface area (Å²) in [5, 5.41) is 15.9. The van der Waals surface area contributed by atoms with Gasteiger partial charge in [0.25, 0.3) is 17.5 Å². The minimum absolute atomic E-state index is 0.0328. The van der Waals surface area contributed by atoms with Gasteiger partial charge in [0.05, 0.1) is 22.1 Å². The van der Waals surface area contributed by atoms with Crippen molar-refractivity contribution in [1.82, 2.24) is 5.32 Å². The molecule has 0 saturated carbocycles. The maximum Gasteiger partial charge on any atom is 0.308 e. The molecule has 2 aromatic rings. The normalized spacial score (nSPS) is 11.2. The van der Waals surface area contributed by atoms with Gasteiger partial charge < -0.3 is 15.4 Å². The molecule has 0 fully saturated rings. The second-order valence-corrected chi connectivity index (χ2v) is 6.48. The maximum absolute atomic E-state index is 12.0. The zero-order valence-corrected chi connectivity index (χ0v) is 16.1. The molecule has 0 aliphatic carbocycles. The van der Waals surface area contributed by atoms with E-state index in [1.807, 2.05) is 0 Å². The molecular formula is C19H18ClN3O6. The number of anilines is 1. The standard InChI is InChI=1S/C19H18ClN3O6/c1-12(21-19(26)13-5-3-2-4-6-13)9-18(25)29-11-17(24)22-16-10-14(23(27)28)7-8-15(16)20/h2-8,10,12H,9,11H2,1H3,(H,21,26)(H,22,24). The number of ether oxygens (including phenoxy) is 1. The van der Waals surface area contributed by atoms with Gasteiger partial charge in [0.15, 0.2) is 6.61 Å². The molecule has 0 bridgehead atoms. The van der Waals surface area contributed by atoms with E-state index in [1.54, 1.807) is 37.3 Å². The number of esters is 1. The third-order valence-corrected chi connectivity index (χ3v) is 4.02. The fraction of sp³-hybridized carbons (Fsp3) is 0.211. The van der Waals surface area contributed by atoms with Crippen molar-refractivity contribution in [3.8, 4) is 0 Å². The van der Waals surface area contributed by atoms with Crippen molar-refractivity contribution in [2.24, 2.45) is 0 Å². The number of carbonyl (C=O) groups is 3. The van der Waals surface area contributed by atoms with Crippen LogP contribution >= 0.6 is 11.6 Å². The Morgan fingerprint density at radius 1 is 1.17 bits per heavy atom. The SMILES string of the molecule is CC(CC(=O)OCC(=O)Nc1cc([N+](=O)[O-])ccc1Cl)NC(=O)c1ccccc1. The number of nitrogens with one attached hydrogen (secondary N) is 2. The monoisotopic (exact) mass is 419 g/mol. The van der Waals surface area contributed by atoms with Gasteiger partial charge in [0.2, 0.25) is 0 Å². The van der Waals surface area contributed by atoms with Crippen molar-refractivity contribution in [1.29, 1.82) is 0 Å². The number of nitro groups is 1. The molecule has 9 nitrogen and oxygen atoms in total. The topological polar surface area (TPSA) is 128 Å². The molecule has 2 N–H and O–H groups in total. The van der Waals surface area contributed by atoms with E-state index in [9.17, 15) is 24.5 Å². The number of nitro benzene ring substituents is 1. The van der Waals surface area contributed by atoms with E-state index in [0.717, 1.165) is 6.07 Å². The summed E-state index contributed by atoms with van der Waals surface area (Å²) in [6, 6.07) is 11.6. The molecule has 0 spiro atoms. The first-order valence-corrected chi connectivity index (χ1v) is 8.89. The van der Waals surface area contributed by atoms with Crippen LogP contribution < -0.4 is 10.6 Å². The van der Waals surface area contributed by atoms with Crippen LogP contribution in [-0.4, -0.2) is 35.4 Å². The quantitative estimate of drug-likeness (QED) is 0.384. The van der Waals surface area contributed by atoms with Crippen LogP contribution in [0.4, 0.5) is 11.4 Å². The van der Waals surface area contributed by atoms with Crippen LogP contribution in [0.5, 0.6) is 0 Å². The van der Waals surface area contributed by atoms with E-state index >= 15 is 0 Å². The number of nitrogens with zero attached hydrogens (tertiary/aromatic N) is 1. The number of halogens is 1. The first-order valence-electron chi connectivity index (χ1n) is 8.51.